The average molecular weight is 399 g/mol. The Hall–Kier alpha value is -2.08. The quantitative estimate of drug-likeness (QED) is 0.408. The lowest BCUT2D eigenvalue weighted by Gasteiger charge is -2.28. The van der Waals surface area contributed by atoms with Crippen molar-refractivity contribution in [2.24, 2.45) is 11.8 Å². The van der Waals surface area contributed by atoms with E-state index in [1.165, 1.54) is 86.5 Å². The van der Waals surface area contributed by atoms with Crippen LogP contribution in [0.4, 0.5) is 0 Å². The van der Waals surface area contributed by atoms with Gasteiger partial charge < -0.3 is 0 Å². The molecule has 0 nitrogen and oxygen atoms in total. The highest BCUT2D eigenvalue weighted by molar-refractivity contribution is 5.64. The monoisotopic (exact) mass is 398 g/mol. The zero-order valence-corrected chi connectivity index (χ0v) is 18.6. The molecule has 0 spiro atoms. The third-order valence-electron chi connectivity index (χ3n) is 7.79. The lowest BCUT2D eigenvalue weighted by molar-refractivity contribution is 0.328. The molecule has 2 aromatic rings. The second-order valence-electron chi connectivity index (χ2n) is 9.73. The Balaban J connectivity index is 1.34. The zero-order valence-electron chi connectivity index (χ0n) is 18.6. The van der Waals surface area contributed by atoms with Crippen LogP contribution in [0.15, 0.2) is 73.8 Å². The maximum absolute atomic E-state index is 3.91. The lowest BCUT2D eigenvalue weighted by Crippen LogP contribution is -2.12. The van der Waals surface area contributed by atoms with Gasteiger partial charge in [-0.05, 0) is 110 Å². The highest BCUT2D eigenvalue weighted by Crippen LogP contribution is 2.39. The van der Waals surface area contributed by atoms with Gasteiger partial charge in [-0.2, -0.15) is 0 Å². The summed E-state index contributed by atoms with van der Waals surface area (Å²) in [6, 6.07) is 18.8. The van der Waals surface area contributed by atoms with E-state index in [-0.39, 0.29) is 0 Å². The fraction of sp³-hybridized carbons (Fsp3) is 0.467. The highest BCUT2D eigenvalue weighted by atomic mass is 14.3. The summed E-state index contributed by atoms with van der Waals surface area (Å²) >= 11 is 0. The zero-order chi connectivity index (χ0) is 20.8. The van der Waals surface area contributed by atoms with E-state index >= 15 is 0 Å². The molecule has 0 unspecified atom stereocenters. The van der Waals surface area contributed by atoms with E-state index in [4.69, 9.17) is 0 Å². The van der Waals surface area contributed by atoms with E-state index in [1.807, 2.05) is 0 Å². The van der Waals surface area contributed by atoms with Gasteiger partial charge in [-0.15, -0.1) is 13.2 Å². The fourth-order valence-corrected chi connectivity index (χ4v) is 5.83. The molecule has 0 heteroatoms. The Morgan fingerprint density at radius 3 is 1.17 bits per heavy atom. The van der Waals surface area contributed by atoms with Crippen molar-refractivity contribution in [3.8, 4) is 11.1 Å². The Kier molecular flexibility index (Phi) is 7.26. The van der Waals surface area contributed by atoms with Crippen LogP contribution in [0.1, 0.15) is 87.2 Å². The Morgan fingerprint density at radius 2 is 0.867 bits per heavy atom. The van der Waals surface area contributed by atoms with Crippen LogP contribution in [0, 0.1) is 11.8 Å². The van der Waals surface area contributed by atoms with Crippen molar-refractivity contribution in [2.45, 2.75) is 76.0 Å². The van der Waals surface area contributed by atoms with Crippen LogP contribution in [0.5, 0.6) is 0 Å². The average Bonchev–Trinajstić information content (AvgIpc) is 2.81. The molecule has 2 fully saturated rings. The van der Waals surface area contributed by atoms with Crippen LogP contribution in [-0.2, 0) is 0 Å². The molecule has 0 amide bonds. The minimum atomic E-state index is 0.749. The van der Waals surface area contributed by atoms with Crippen molar-refractivity contribution in [3.05, 3.63) is 85.0 Å². The molecule has 158 valence electrons. The predicted octanol–water partition coefficient (Wildman–Crippen LogP) is 9.05. The van der Waals surface area contributed by atoms with E-state index in [9.17, 15) is 0 Å². The van der Waals surface area contributed by atoms with Crippen molar-refractivity contribution in [2.75, 3.05) is 0 Å². The lowest BCUT2D eigenvalue weighted by atomic mass is 9.77. The molecular formula is C30H38. The SMILES string of the molecule is C=CCC1CCC(c2ccc(-c3ccc(C4CCC(CC=C)CC4)cc3)cc2)CC1. The molecular weight excluding hydrogens is 360 g/mol. The maximum Gasteiger partial charge on any atom is -0.0162 e. The first-order chi connectivity index (χ1) is 14.8. The van der Waals surface area contributed by atoms with Crippen LogP contribution >= 0.6 is 0 Å². The molecule has 2 aliphatic rings. The molecule has 30 heavy (non-hydrogen) atoms. The Labute approximate surface area is 184 Å². The molecule has 0 atom stereocenters. The molecule has 0 bridgehead atoms. The summed E-state index contributed by atoms with van der Waals surface area (Å²) in [6.07, 6.45) is 17.3. The fourth-order valence-electron chi connectivity index (χ4n) is 5.83. The number of hydrogen-bond donors (Lipinski definition) is 0. The van der Waals surface area contributed by atoms with Crippen molar-refractivity contribution in [1.82, 2.24) is 0 Å². The largest absolute Gasteiger partial charge is 0.103 e. The van der Waals surface area contributed by atoms with Gasteiger partial charge in [0.2, 0.25) is 0 Å². The van der Waals surface area contributed by atoms with E-state index in [0.717, 1.165) is 23.7 Å². The summed E-state index contributed by atoms with van der Waals surface area (Å²) in [5.41, 5.74) is 5.76. The molecule has 2 aliphatic carbocycles. The maximum atomic E-state index is 3.91. The highest BCUT2D eigenvalue weighted by Gasteiger charge is 2.22. The third-order valence-corrected chi connectivity index (χ3v) is 7.79. The first-order valence-corrected chi connectivity index (χ1v) is 12.2. The molecule has 2 saturated carbocycles. The summed E-state index contributed by atoms with van der Waals surface area (Å²) < 4.78 is 0. The van der Waals surface area contributed by atoms with Gasteiger partial charge in [-0.1, -0.05) is 60.7 Å². The van der Waals surface area contributed by atoms with Crippen LogP contribution in [0.3, 0.4) is 0 Å². The van der Waals surface area contributed by atoms with Crippen LogP contribution in [0.2, 0.25) is 0 Å². The van der Waals surface area contributed by atoms with Crippen LogP contribution in [-0.4, -0.2) is 0 Å². The van der Waals surface area contributed by atoms with Crippen LogP contribution < -0.4 is 0 Å². The molecule has 0 aromatic heterocycles. The topological polar surface area (TPSA) is 0 Å². The van der Waals surface area contributed by atoms with E-state index < -0.39 is 0 Å². The van der Waals surface area contributed by atoms with Crippen molar-refractivity contribution in [1.29, 1.82) is 0 Å². The number of rotatable bonds is 7. The van der Waals surface area contributed by atoms with Gasteiger partial charge in [0.1, 0.15) is 0 Å². The molecule has 0 saturated heterocycles. The smallest absolute Gasteiger partial charge is 0.0162 e. The third kappa shape index (κ3) is 5.15. The summed E-state index contributed by atoms with van der Waals surface area (Å²) in [5, 5.41) is 0. The van der Waals surface area contributed by atoms with Crippen molar-refractivity contribution >= 4 is 0 Å². The van der Waals surface area contributed by atoms with Crippen LogP contribution in [0.25, 0.3) is 11.1 Å². The number of allylic oxidation sites excluding steroid dienone is 2. The molecule has 0 radical (unpaired) electrons. The minimum absolute atomic E-state index is 0.749. The Morgan fingerprint density at radius 1 is 0.533 bits per heavy atom. The number of benzene rings is 2. The van der Waals surface area contributed by atoms with Gasteiger partial charge >= 0.3 is 0 Å². The summed E-state index contributed by atoms with van der Waals surface area (Å²) in [4.78, 5) is 0. The number of hydrogen-bond acceptors (Lipinski definition) is 0. The van der Waals surface area contributed by atoms with Gasteiger partial charge in [-0.3, -0.25) is 0 Å². The first-order valence-electron chi connectivity index (χ1n) is 12.2. The van der Waals surface area contributed by atoms with Crippen molar-refractivity contribution < 1.29 is 0 Å². The molecule has 2 aromatic carbocycles. The van der Waals surface area contributed by atoms with Gasteiger partial charge in [0, 0.05) is 0 Å². The summed E-state index contributed by atoms with van der Waals surface area (Å²) in [5.74, 6) is 3.24. The molecule has 4 rings (SSSR count). The summed E-state index contributed by atoms with van der Waals surface area (Å²) in [6.45, 7) is 7.82. The van der Waals surface area contributed by atoms with Gasteiger partial charge in [0.05, 0.1) is 0 Å². The second-order valence-corrected chi connectivity index (χ2v) is 9.73. The second kappa shape index (κ2) is 10.3. The molecule has 0 N–H and O–H groups in total. The van der Waals surface area contributed by atoms with E-state index in [1.54, 1.807) is 0 Å². The van der Waals surface area contributed by atoms with Gasteiger partial charge in [0.25, 0.3) is 0 Å². The van der Waals surface area contributed by atoms with Crippen molar-refractivity contribution in [3.63, 3.8) is 0 Å². The predicted molar refractivity (Wildman–Crippen MR) is 131 cm³/mol. The van der Waals surface area contributed by atoms with E-state index in [0.29, 0.717) is 0 Å². The standard InChI is InChI=1S/C30H38/c1-3-5-23-7-11-25(12-8-23)27-15-19-29(20-16-27)30-21-17-28(18-22-30)26-13-9-24(6-4-2)10-14-26/h3-4,15-26H,1-2,5-14H2. The normalized spacial score (nSPS) is 26.8. The van der Waals surface area contributed by atoms with Gasteiger partial charge in [0.15, 0.2) is 0 Å². The molecule has 0 aliphatic heterocycles. The molecule has 0 heterocycles. The first kappa shape index (κ1) is 21.2. The minimum Gasteiger partial charge on any atom is -0.103 e. The van der Waals surface area contributed by atoms with Gasteiger partial charge in [-0.25, -0.2) is 0 Å². The summed E-state index contributed by atoms with van der Waals surface area (Å²) in [7, 11) is 0. The Bertz CT molecular complexity index is 723. The van der Waals surface area contributed by atoms with E-state index in [2.05, 4.69) is 73.8 Å².